The minimum absolute atomic E-state index is 0.189. The van der Waals surface area contributed by atoms with E-state index in [1.807, 2.05) is 65.6 Å². The van der Waals surface area contributed by atoms with Gasteiger partial charge in [0, 0.05) is 30.6 Å². The number of esters is 1. The third kappa shape index (κ3) is 5.42. The van der Waals surface area contributed by atoms with Crippen LogP contribution in [0.1, 0.15) is 25.7 Å². The molecule has 1 N–H and O–H groups in total. The number of amides is 2. The summed E-state index contributed by atoms with van der Waals surface area (Å²) in [6.07, 6.45) is 3.10. The minimum atomic E-state index is -0.434. The Morgan fingerprint density at radius 2 is 1.54 bits per heavy atom. The average molecular weight is 473 g/mol. The van der Waals surface area contributed by atoms with Crippen LogP contribution in [0.4, 0.5) is 5.82 Å². The summed E-state index contributed by atoms with van der Waals surface area (Å²) in [5.74, 6) is -0.222. The van der Waals surface area contributed by atoms with Crippen molar-refractivity contribution in [1.82, 2.24) is 14.7 Å². The van der Waals surface area contributed by atoms with Gasteiger partial charge in [0.05, 0.1) is 17.3 Å². The van der Waals surface area contributed by atoms with E-state index >= 15 is 0 Å². The van der Waals surface area contributed by atoms with Gasteiger partial charge >= 0.3 is 5.97 Å². The van der Waals surface area contributed by atoms with Crippen LogP contribution < -0.4 is 5.32 Å². The van der Waals surface area contributed by atoms with Crippen molar-refractivity contribution in [3.63, 3.8) is 0 Å². The molecule has 1 aliphatic heterocycles. The molecular formula is C27H28N4O4. The topological polar surface area (TPSA) is 93.5 Å². The van der Waals surface area contributed by atoms with Crippen LogP contribution in [-0.4, -0.2) is 52.2 Å². The number of likely N-dealkylation sites (tertiary alicyclic amines) is 1. The number of carbonyl (C=O) groups is 3. The van der Waals surface area contributed by atoms with Gasteiger partial charge in [-0.3, -0.25) is 14.4 Å². The second kappa shape index (κ2) is 10.1. The molecule has 5 rings (SSSR count). The number of piperidine rings is 1. The van der Waals surface area contributed by atoms with Gasteiger partial charge in [-0.05, 0) is 37.8 Å². The van der Waals surface area contributed by atoms with Crippen molar-refractivity contribution >= 4 is 23.6 Å². The molecule has 1 saturated carbocycles. The molecule has 2 heterocycles. The van der Waals surface area contributed by atoms with Gasteiger partial charge in [-0.25, -0.2) is 4.68 Å². The lowest BCUT2D eigenvalue weighted by molar-refractivity contribution is -0.154. The van der Waals surface area contributed by atoms with Crippen LogP contribution in [0.5, 0.6) is 0 Å². The third-order valence-electron chi connectivity index (χ3n) is 6.46. The maximum atomic E-state index is 12.7. The fourth-order valence-electron chi connectivity index (χ4n) is 4.34. The van der Waals surface area contributed by atoms with Crippen molar-refractivity contribution in [3.8, 4) is 16.9 Å². The van der Waals surface area contributed by atoms with E-state index in [1.165, 1.54) is 0 Å². The van der Waals surface area contributed by atoms with Gasteiger partial charge in [0.2, 0.25) is 5.91 Å². The van der Waals surface area contributed by atoms with Gasteiger partial charge in [0.15, 0.2) is 6.61 Å². The fourth-order valence-corrected chi connectivity index (χ4v) is 4.34. The number of rotatable bonds is 7. The highest BCUT2D eigenvalue weighted by atomic mass is 16.5. The van der Waals surface area contributed by atoms with Gasteiger partial charge in [-0.1, -0.05) is 48.5 Å². The SMILES string of the molecule is O=C(COC(=O)C1CCN(C(=O)C2CC2)CC1)Nc1cc(-c2ccccc2)nn1-c1ccccc1. The Hall–Kier alpha value is -3.94. The normalized spacial score (nSPS) is 16.1. The van der Waals surface area contributed by atoms with Crippen molar-refractivity contribution in [2.45, 2.75) is 25.7 Å². The largest absolute Gasteiger partial charge is 0.455 e. The van der Waals surface area contributed by atoms with Gasteiger partial charge in [-0.2, -0.15) is 5.10 Å². The number of ether oxygens (including phenoxy) is 1. The number of benzene rings is 2. The number of nitrogens with zero attached hydrogens (tertiary/aromatic N) is 3. The molecule has 1 saturated heterocycles. The van der Waals surface area contributed by atoms with E-state index in [0.717, 1.165) is 24.1 Å². The Bertz CT molecular complexity index is 1200. The van der Waals surface area contributed by atoms with Crippen LogP contribution in [-0.2, 0) is 19.1 Å². The second-order valence-corrected chi connectivity index (χ2v) is 9.06. The molecule has 2 aromatic carbocycles. The van der Waals surface area contributed by atoms with Gasteiger partial charge in [-0.15, -0.1) is 0 Å². The quantitative estimate of drug-likeness (QED) is 0.530. The molecule has 3 aromatic rings. The van der Waals surface area contributed by atoms with Gasteiger partial charge < -0.3 is 15.0 Å². The number of hydrogen-bond donors (Lipinski definition) is 1. The van der Waals surface area contributed by atoms with Crippen molar-refractivity contribution < 1.29 is 19.1 Å². The number of anilines is 1. The van der Waals surface area contributed by atoms with E-state index in [4.69, 9.17) is 4.74 Å². The maximum Gasteiger partial charge on any atom is 0.309 e. The lowest BCUT2D eigenvalue weighted by atomic mass is 9.97. The molecule has 8 heteroatoms. The maximum absolute atomic E-state index is 12.7. The molecule has 1 aromatic heterocycles. The van der Waals surface area contributed by atoms with Crippen LogP contribution in [0.15, 0.2) is 66.7 Å². The Morgan fingerprint density at radius 1 is 0.886 bits per heavy atom. The molecule has 180 valence electrons. The van der Waals surface area contributed by atoms with Crippen LogP contribution in [0.25, 0.3) is 16.9 Å². The van der Waals surface area contributed by atoms with Crippen molar-refractivity contribution in [3.05, 3.63) is 66.7 Å². The summed E-state index contributed by atoms with van der Waals surface area (Å²) in [5.41, 5.74) is 2.44. The molecule has 2 fully saturated rings. The van der Waals surface area contributed by atoms with E-state index in [-0.39, 0.29) is 30.3 Å². The average Bonchev–Trinajstić information content (AvgIpc) is 3.68. The molecule has 35 heavy (non-hydrogen) atoms. The van der Waals surface area contributed by atoms with Crippen LogP contribution in [0.2, 0.25) is 0 Å². The summed E-state index contributed by atoms with van der Waals surface area (Å²) in [7, 11) is 0. The lowest BCUT2D eigenvalue weighted by Crippen LogP contribution is -2.41. The molecule has 0 unspecified atom stereocenters. The minimum Gasteiger partial charge on any atom is -0.455 e. The Kier molecular flexibility index (Phi) is 6.61. The van der Waals surface area contributed by atoms with Crippen molar-refractivity contribution in [2.24, 2.45) is 11.8 Å². The number of aromatic nitrogens is 2. The van der Waals surface area contributed by atoms with Crippen LogP contribution in [0.3, 0.4) is 0 Å². The molecular weight excluding hydrogens is 444 g/mol. The van der Waals surface area contributed by atoms with E-state index in [2.05, 4.69) is 10.4 Å². The van der Waals surface area contributed by atoms with Crippen LogP contribution >= 0.6 is 0 Å². The molecule has 8 nitrogen and oxygen atoms in total. The highest BCUT2D eigenvalue weighted by molar-refractivity contribution is 5.93. The monoisotopic (exact) mass is 472 g/mol. The lowest BCUT2D eigenvalue weighted by Gasteiger charge is -2.31. The Balaban J connectivity index is 1.20. The molecule has 0 bridgehead atoms. The number of hydrogen-bond acceptors (Lipinski definition) is 5. The first-order valence-electron chi connectivity index (χ1n) is 12.0. The van der Waals surface area contributed by atoms with E-state index in [1.54, 1.807) is 10.7 Å². The first kappa shape index (κ1) is 22.8. The zero-order chi connectivity index (χ0) is 24.2. The number of para-hydroxylation sites is 1. The summed E-state index contributed by atoms with van der Waals surface area (Å²) in [5, 5.41) is 7.50. The summed E-state index contributed by atoms with van der Waals surface area (Å²) in [6.45, 7) is 0.764. The zero-order valence-electron chi connectivity index (χ0n) is 19.4. The molecule has 0 spiro atoms. The van der Waals surface area contributed by atoms with E-state index in [0.29, 0.717) is 37.4 Å². The zero-order valence-corrected chi connectivity index (χ0v) is 19.4. The molecule has 0 radical (unpaired) electrons. The summed E-state index contributed by atoms with van der Waals surface area (Å²) < 4.78 is 6.99. The Labute approximate surface area is 203 Å². The summed E-state index contributed by atoms with van der Waals surface area (Å²) >= 11 is 0. The summed E-state index contributed by atoms with van der Waals surface area (Å²) in [6, 6.07) is 21.0. The third-order valence-corrected chi connectivity index (χ3v) is 6.46. The molecule has 1 aliphatic carbocycles. The predicted octanol–water partition coefficient (Wildman–Crippen LogP) is 3.67. The first-order chi connectivity index (χ1) is 17.1. The van der Waals surface area contributed by atoms with Crippen molar-refractivity contribution in [2.75, 3.05) is 25.0 Å². The highest BCUT2D eigenvalue weighted by Crippen LogP contribution is 2.32. The second-order valence-electron chi connectivity index (χ2n) is 9.06. The van der Waals surface area contributed by atoms with Gasteiger partial charge in [0.1, 0.15) is 5.82 Å². The first-order valence-corrected chi connectivity index (χ1v) is 12.0. The van der Waals surface area contributed by atoms with Crippen molar-refractivity contribution in [1.29, 1.82) is 0 Å². The highest BCUT2D eigenvalue weighted by Gasteiger charge is 2.36. The van der Waals surface area contributed by atoms with Crippen LogP contribution in [0, 0.1) is 11.8 Å². The van der Waals surface area contributed by atoms with E-state index in [9.17, 15) is 14.4 Å². The van der Waals surface area contributed by atoms with E-state index < -0.39 is 5.91 Å². The van der Waals surface area contributed by atoms with Gasteiger partial charge in [0.25, 0.3) is 5.91 Å². The number of carbonyl (C=O) groups excluding carboxylic acids is 3. The molecule has 0 atom stereocenters. The Morgan fingerprint density at radius 3 is 2.20 bits per heavy atom. The standard InChI is InChI=1S/C27H28N4O4/c32-25(18-35-27(34)21-13-15-30(16-14-21)26(33)20-11-12-20)28-24-17-23(19-7-3-1-4-8-19)29-31(24)22-9-5-2-6-10-22/h1-10,17,20-21H,11-16,18H2,(H,28,32). The smallest absolute Gasteiger partial charge is 0.309 e. The predicted molar refractivity (Wildman–Crippen MR) is 131 cm³/mol. The molecule has 2 amide bonds. The summed E-state index contributed by atoms with van der Waals surface area (Å²) in [4.78, 5) is 39.2. The molecule has 2 aliphatic rings. The number of nitrogens with one attached hydrogen (secondary N) is 1. The fraction of sp³-hybridized carbons (Fsp3) is 0.333.